The van der Waals surface area contributed by atoms with Crippen LogP contribution in [-0.4, -0.2) is 12.3 Å². The van der Waals surface area contributed by atoms with Gasteiger partial charge in [-0.05, 0) is 37.5 Å². The van der Waals surface area contributed by atoms with Crippen molar-refractivity contribution in [3.05, 3.63) is 0 Å². The van der Waals surface area contributed by atoms with Gasteiger partial charge in [-0.1, -0.05) is 49.8 Å². The molecule has 0 saturated heterocycles. The third kappa shape index (κ3) is 4.95. The molecule has 1 nitrogen and oxygen atoms in total. The molecule has 0 heterocycles. The van der Waals surface area contributed by atoms with E-state index in [4.69, 9.17) is 11.2 Å². The maximum Gasteiger partial charge on any atom is 0.170 e. The highest BCUT2D eigenvalue weighted by Crippen LogP contribution is 2.56. The van der Waals surface area contributed by atoms with Crippen LogP contribution < -0.4 is 0 Å². The summed E-state index contributed by atoms with van der Waals surface area (Å²) >= 11 is 6.36. The first-order valence-electron chi connectivity index (χ1n) is 7.43. The number of halogens is 1. The summed E-state index contributed by atoms with van der Waals surface area (Å²) in [6.07, 6.45) is 14.7. The zero-order valence-electron chi connectivity index (χ0n) is 10.9. The third-order valence-corrected chi connectivity index (χ3v) is 7.46. The lowest BCUT2D eigenvalue weighted by atomic mass is 9.91. The maximum absolute atomic E-state index is 12.5. The molecule has 0 radical (unpaired) electrons. The number of hydrogen-bond donors (Lipinski definition) is 0. The molecule has 0 aliphatic heterocycles. The van der Waals surface area contributed by atoms with E-state index in [0.29, 0.717) is 11.8 Å². The van der Waals surface area contributed by atoms with E-state index in [2.05, 4.69) is 0 Å². The summed E-state index contributed by atoms with van der Waals surface area (Å²) in [4.78, 5) is 0. The van der Waals surface area contributed by atoms with Gasteiger partial charge in [-0.25, -0.2) is 0 Å². The minimum absolute atomic E-state index is 0.663. The molecule has 2 saturated carbocycles. The fourth-order valence-corrected chi connectivity index (χ4v) is 7.18. The molecule has 2 rings (SSSR count). The Morgan fingerprint density at radius 2 is 1.12 bits per heavy atom. The lowest BCUT2D eigenvalue weighted by molar-refractivity contribution is 0.374. The van der Waals surface area contributed by atoms with E-state index in [-0.39, 0.29) is 0 Å². The van der Waals surface area contributed by atoms with Crippen molar-refractivity contribution >= 4 is 17.7 Å². The van der Waals surface area contributed by atoms with Crippen LogP contribution in [0.3, 0.4) is 0 Å². The van der Waals surface area contributed by atoms with Crippen molar-refractivity contribution in [2.45, 2.75) is 64.2 Å². The van der Waals surface area contributed by atoms with Crippen LogP contribution >= 0.6 is 17.7 Å². The first-order valence-corrected chi connectivity index (χ1v) is 10.4. The van der Waals surface area contributed by atoms with Crippen LogP contribution in [0.15, 0.2) is 0 Å². The molecule has 2 aliphatic rings. The fraction of sp³-hybridized carbons (Fsp3) is 1.00. The highest BCUT2D eigenvalue weighted by Gasteiger charge is 2.29. The monoisotopic (exact) mass is 276 g/mol. The molecule has 0 spiro atoms. The second-order valence-electron chi connectivity index (χ2n) is 6.16. The molecule has 100 valence electrons. The molecule has 0 aromatic heterocycles. The van der Waals surface area contributed by atoms with E-state index in [1.807, 2.05) is 0 Å². The van der Waals surface area contributed by atoms with E-state index in [1.54, 1.807) is 0 Å². The Morgan fingerprint density at radius 3 is 1.47 bits per heavy atom. The number of rotatable bonds is 4. The second-order valence-corrected chi connectivity index (χ2v) is 10.3. The highest BCUT2D eigenvalue weighted by molar-refractivity contribution is 7.89. The normalized spacial score (nSPS) is 25.0. The molecule has 3 heteroatoms. The van der Waals surface area contributed by atoms with Crippen LogP contribution in [-0.2, 0) is 4.57 Å². The molecule has 0 unspecified atom stereocenters. The van der Waals surface area contributed by atoms with E-state index >= 15 is 0 Å². The average molecular weight is 277 g/mol. The molecule has 0 amide bonds. The highest BCUT2D eigenvalue weighted by atomic mass is 35.7. The Morgan fingerprint density at radius 1 is 0.765 bits per heavy atom. The minimum atomic E-state index is -2.36. The van der Waals surface area contributed by atoms with Gasteiger partial charge >= 0.3 is 0 Å². The van der Waals surface area contributed by atoms with Gasteiger partial charge < -0.3 is 4.57 Å². The fourth-order valence-electron chi connectivity index (χ4n) is 3.59. The van der Waals surface area contributed by atoms with Crippen molar-refractivity contribution in [2.24, 2.45) is 11.8 Å². The van der Waals surface area contributed by atoms with Gasteiger partial charge in [-0.15, -0.1) is 0 Å². The predicted molar refractivity (Wildman–Crippen MR) is 76.3 cm³/mol. The van der Waals surface area contributed by atoms with Crippen molar-refractivity contribution < 1.29 is 4.57 Å². The quantitative estimate of drug-likeness (QED) is 0.605. The predicted octanol–water partition coefficient (Wildman–Crippen LogP) is 5.66. The van der Waals surface area contributed by atoms with Gasteiger partial charge in [0, 0.05) is 12.3 Å². The summed E-state index contributed by atoms with van der Waals surface area (Å²) in [7, 11) is 0. The molecule has 0 bridgehead atoms. The van der Waals surface area contributed by atoms with Crippen molar-refractivity contribution in [1.82, 2.24) is 0 Å². The lowest BCUT2D eigenvalue weighted by Gasteiger charge is -2.27. The van der Waals surface area contributed by atoms with Gasteiger partial charge in [0.05, 0.1) is 0 Å². The summed E-state index contributed by atoms with van der Waals surface area (Å²) < 4.78 is 12.5. The van der Waals surface area contributed by atoms with E-state index in [1.165, 1.54) is 64.2 Å². The van der Waals surface area contributed by atoms with Crippen molar-refractivity contribution in [3.8, 4) is 0 Å². The summed E-state index contributed by atoms with van der Waals surface area (Å²) in [5.74, 6) is 1.33. The maximum atomic E-state index is 12.5. The zero-order valence-corrected chi connectivity index (χ0v) is 12.5. The first-order chi connectivity index (χ1) is 8.16. The molecular formula is C14H26ClOP. The first kappa shape index (κ1) is 13.9. The molecule has 2 fully saturated rings. The standard InChI is InChI=1S/C14H26ClOP/c15-17(16,11-13-7-3-1-4-8-13)12-14-9-5-2-6-10-14/h13-14H,1-12H2. The lowest BCUT2D eigenvalue weighted by Crippen LogP contribution is -2.15. The third-order valence-electron chi connectivity index (χ3n) is 4.51. The smallest absolute Gasteiger partial charge is 0.170 e. The molecular weight excluding hydrogens is 251 g/mol. The van der Waals surface area contributed by atoms with Gasteiger partial charge in [-0.3, -0.25) is 0 Å². The van der Waals surface area contributed by atoms with Gasteiger partial charge in [-0.2, -0.15) is 0 Å². The Bertz CT molecular complexity index is 243. The van der Waals surface area contributed by atoms with E-state index in [0.717, 1.165) is 12.3 Å². The zero-order chi connectivity index (χ0) is 12.1. The van der Waals surface area contributed by atoms with Crippen molar-refractivity contribution in [1.29, 1.82) is 0 Å². The van der Waals surface area contributed by atoms with Gasteiger partial charge in [0.1, 0.15) is 0 Å². The summed E-state index contributed by atoms with van der Waals surface area (Å²) in [5, 5.41) is 0. The molecule has 17 heavy (non-hydrogen) atoms. The summed E-state index contributed by atoms with van der Waals surface area (Å²) in [6.45, 7) is -2.36. The number of hydrogen-bond acceptors (Lipinski definition) is 1. The van der Waals surface area contributed by atoms with Crippen LogP contribution in [0.25, 0.3) is 0 Å². The summed E-state index contributed by atoms with van der Waals surface area (Å²) in [5.41, 5.74) is 0. The molecule has 0 aromatic rings. The van der Waals surface area contributed by atoms with Crippen LogP contribution in [0.5, 0.6) is 0 Å². The molecule has 0 aromatic carbocycles. The van der Waals surface area contributed by atoms with Crippen LogP contribution in [0, 0.1) is 11.8 Å². The van der Waals surface area contributed by atoms with Crippen LogP contribution in [0.4, 0.5) is 0 Å². The summed E-state index contributed by atoms with van der Waals surface area (Å²) in [6, 6.07) is 0. The van der Waals surface area contributed by atoms with Gasteiger partial charge in [0.15, 0.2) is 6.49 Å². The molecule has 2 aliphatic carbocycles. The van der Waals surface area contributed by atoms with Gasteiger partial charge in [0.25, 0.3) is 0 Å². The SMILES string of the molecule is O=P(Cl)(CC1CCCCC1)CC1CCCCC1. The Hall–Kier alpha value is 0.520. The topological polar surface area (TPSA) is 17.1 Å². The van der Waals surface area contributed by atoms with E-state index in [9.17, 15) is 4.57 Å². The van der Waals surface area contributed by atoms with Crippen molar-refractivity contribution in [3.63, 3.8) is 0 Å². The van der Waals surface area contributed by atoms with Gasteiger partial charge in [0.2, 0.25) is 0 Å². The minimum Gasteiger partial charge on any atom is -0.307 e. The molecule has 0 atom stereocenters. The van der Waals surface area contributed by atoms with Crippen LogP contribution in [0.2, 0.25) is 0 Å². The Balaban J connectivity index is 1.78. The Labute approximate surface area is 111 Å². The average Bonchev–Trinajstić information content (AvgIpc) is 2.30. The largest absolute Gasteiger partial charge is 0.307 e. The molecule has 0 N–H and O–H groups in total. The Kier molecular flexibility index (Phi) is 5.43. The van der Waals surface area contributed by atoms with E-state index < -0.39 is 6.49 Å². The second kappa shape index (κ2) is 6.62. The van der Waals surface area contributed by atoms with Crippen molar-refractivity contribution in [2.75, 3.05) is 12.3 Å². The van der Waals surface area contributed by atoms with Crippen LogP contribution in [0.1, 0.15) is 64.2 Å².